The summed E-state index contributed by atoms with van der Waals surface area (Å²) in [6, 6.07) is 0. The smallest absolute Gasteiger partial charge is 0.329 e. The van der Waals surface area contributed by atoms with Crippen LogP contribution >= 0.6 is 24.0 Å². The maximum absolute atomic E-state index is 11.6. The van der Waals surface area contributed by atoms with Gasteiger partial charge in [-0.3, -0.25) is 4.79 Å². The second-order valence-corrected chi connectivity index (χ2v) is 7.13. The van der Waals surface area contributed by atoms with Crippen molar-refractivity contribution in [2.24, 2.45) is 5.92 Å². The second kappa shape index (κ2) is 7.38. The van der Waals surface area contributed by atoms with Crippen LogP contribution in [0.5, 0.6) is 0 Å². The van der Waals surface area contributed by atoms with Crippen molar-refractivity contribution in [2.75, 3.05) is 6.61 Å². The van der Waals surface area contributed by atoms with Gasteiger partial charge in [-0.2, -0.15) is 0 Å². The van der Waals surface area contributed by atoms with E-state index in [0.29, 0.717) is 10.2 Å². The van der Waals surface area contributed by atoms with E-state index in [1.54, 1.807) is 0 Å². The average molecular weight is 317 g/mol. The zero-order valence-electron chi connectivity index (χ0n) is 11.2. The molecule has 5 nitrogen and oxygen atoms in total. The van der Waals surface area contributed by atoms with Crippen LogP contribution in [0, 0.1) is 5.92 Å². The number of carboxylic acid groups (broad SMARTS) is 1. The normalized spacial score (nSPS) is 30.3. The highest BCUT2D eigenvalue weighted by molar-refractivity contribution is 8.24. The van der Waals surface area contributed by atoms with E-state index < -0.39 is 5.97 Å². The largest absolute Gasteiger partial charge is 0.480 e. The topological polar surface area (TPSA) is 75.6 Å². The fraction of sp³-hybridized carbons (Fsp3) is 0.769. The lowest BCUT2D eigenvalue weighted by Crippen LogP contribution is -2.31. The molecule has 0 bridgehead atoms. The molecule has 2 N–H and O–H groups in total. The van der Waals surface area contributed by atoms with Crippen molar-refractivity contribution in [2.45, 2.75) is 49.9 Å². The average Bonchev–Trinajstić information content (AvgIpc) is 2.73. The summed E-state index contributed by atoms with van der Waals surface area (Å²) in [4.78, 5) is 22.2. The van der Waals surface area contributed by atoms with Crippen LogP contribution in [0.4, 0.5) is 0 Å². The quantitative estimate of drug-likeness (QED) is 0.729. The summed E-state index contributed by atoms with van der Waals surface area (Å²) in [6.07, 6.45) is 5.88. The van der Waals surface area contributed by atoms with Gasteiger partial charge in [-0.25, -0.2) is 4.79 Å². The van der Waals surface area contributed by atoms with E-state index in [-0.39, 0.29) is 23.9 Å². The highest BCUT2D eigenvalue weighted by Crippen LogP contribution is 2.33. The number of carbonyl (C=O) groups excluding carboxylic acids is 1. The third-order valence-electron chi connectivity index (χ3n) is 3.83. The number of amides is 1. The molecule has 1 aliphatic heterocycles. The van der Waals surface area contributed by atoms with Crippen LogP contribution < -0.4 is 5.32 Å². The molecular formula is C13H19NO4S2. The summed E-state index contributed by atoms with van der Waals surface area (Å²) < 4.78 is 6.05. The third kappa shape index (κ3) is 4.43. The highest BCUT2D eigenvalue weighted by atomic mass is 32.2. The fourth-order valence-corrected chi connectivity index (χ4v) is 4.14. The van der Waals surface area contributed by atoms with Crippen LogP contribution in [-0.2, 0) is 14.3 Å². The lowest BCUT2D eigenvalue weighted by atomic mass is 9.83. The number of nitrogens with one attached hydrogen (secondary N) is 1. The number of carbonyl (C=O) groups is 2. The number of carboxylic acids is 1. The first kappa shape index (κ1) is 15.7. The van der Waals surface area contributed by atoms with Gasteiger partial charge in [0.25, 0.3) is 0 Å². The molecule has 1 saturated heterocycles. The molecule has 3 atom stereocenters. The Bertz CT molecular complexity index is 402. The highest BCUT2D eigenvalue weighted by Gasteiger charge is 2.32. The van der Waals surface area contributed by atoms with Crippen molar-refractivity contribution in [1.29, 1.82) is 0 Å². The Kier molecular flexibility index (Phi) is 5.80. The van der Waals surface area contributed by atoms with Crippen molar-refractivity contribution < 1.29 is 19.4 Å². The second-order valence-electron chi connectivity index (χ2n) is 5.25. The van der Waals surface area contributed by atoms with Crippen molar-refractivity contribution in [3.05, 3.63) is 0 Å². The molecule has 0 aromatic heterocycles. The van der Waals surface area contributed by atoms with Gasteiger partial charge in [0.05, 0.1) is 11.4 Å². The summed E-state index contributed by atoms with van der Waals surface area (Å²) in [5, 5.41) is 11.3. The van der Waals surface area contributed by atoms with Gasteiger partial charge in [0.1, 0.15) is 10.9 Å². The van der Waals surface area contributed by atoms with E-state index in [1.807, 2.05) is 0 Å². The standard InChI is InChI=1S/C13H19NO4S2/c15-11(16)7-18-9-4-2-1-3-8(9)5-6-10-12(17)14-13(19)20-10/h8-10H,1-7H2,(H,15,16)(H,14,17,19)/t8-,9+,10-/m1/s1. The van der Waals surface area contributed by atoms with Crippen molar-refractivity contribution in [3.8, 4) is 0 Å². The molecule has 1 aliphatic carbocycles. The predicted molar refractivity (Wildman–Crippen MR) is 80.7 cm³/mol. The van der Waals surface area contributed by atoms with Gasteiger partial charge in [-0.15, -0.1) is 0 Å². The van der Waals surface area contributed by atoms with Crippen molar-refractivity contribution >= 4 is 40.2 Å². The Morgan fingerprint density at radius 1 is 1.40 bits per heavy atom. The summed E-state index contributed by atoms with van der Waals surface area (Å²) in [5.41, 5.74) is 0. The number of rotatable bonds is 6. The van der Waals surface area contributed by atoms with E-state index in [2.05, 4.69) is 5.32 Å². The van der Waals surface area contributed by atoms with Gasteiger partial charge in [-0.05, 0) is 31.6 Å². The van der Waals surface area contributed by atoms with Gasteiger partial charge in [-0.1, -0.05) is 36.8 Å². The molecule has 1 saturated carbocycles. The van der Waals surface area contributed by atoms with E-state index in [4.69, 9.17) is 22.1 Å². The van der Waals surface area contributed by atoms with Crippen LogP contribution in [0.1, 0.15) is 38.5 Å². The third-order valence-corrected chi connectivity index (χ3v) is 5.27. The van der Waals surface area contributed by atoms with E-state index >= 15 is 0 Å². The minimum atomic E-state index is -0.926. The Labute approximate surface area is 127 Å². The fourth-order valence-electron chi connectivity index (χ4n) is 2.85. The van der Waals surface area contributed by atoms with Gasteiger partial charge in [0.15, 0.2) is 0 Å². The maximum Gasteiger partial charge on any atom is 0.329 e. The van der Waals surface area contributed by atoms with Gasteiger partial charge >= 0.3 is 5.97 Å². The first-order chi connectivity index (χ1) is 9.56. The summed E-state index contributed by atoms with van der Waals surface area (Å²) in [7, 11) is 0. The molecule has 1 heterocycles. The van der Waals surface area contributed by atoms with Crippen molar-refractivity contribution in [1.82, 2.24) is 5.32 Å². The number of thioether (sulfide) groups is 1. The lowest BCUT2D eigenvalue weighted by molar-refractivity contribution is -0.146. The number of thiocarbonyl (C=S) groups is 1. The van der Waals surface area contributed by atoms with Crippen LogP contribution in [0.3, 0.4) is 0 Å². The Morgan fingerprint density at radius 2 is 2.15 bits per heavy atom. The molecule has 7 heteroatoms. The zero-order valence-corrected chi connectivity index (χ0v) is 12.8. The minimum Gasteiger partial charge on any atom is -0.480 e. The van der Waals surface area contributed by atoms with E-state index in [1.165, 1.54) is 11.8 Å². The van der Waals surface area contributed by atoms with Crippen LogP contribution in [0.15, 0.2) is 0 Å². The Morgan fingerprint density at radius 3 is 2.80 bits per heavy atom. The van der Waals surface area contributed by atoms with Gasteiger partial charge in [0, 0.05) is 0 Å². The molecule has 112 valence electrons. The molecule has 0 radical (unpaired) electrons. The maximum atomic E-state index is 11.6. The monoisotopic (exact) mass is 317 g/mol. The number of aliphatic carboxylic acids is 1. The summed E-state index contributed by atoms with van der Waals surface area (Å²) in [5.74, 6) is -0.574. The van der Waals surface area contributed by atoms with E-state index in [0.717, 1.165) is 38.5 Å². The molecular weight excluding hydrogens is 298 g/mol. The predicted octanol–water partition coefficient (Wildman–Crippen LogP) is 1.94. The molecule has 2 fully saturated rings. The van der Waals surface area contributed by atoms with E-state index in [9.17, 15) is 9.59 Å². The number of hydrogen-bond donors (Lipinski definition) is 2. The Hall–Kier alpha value is -0.660. The summed E-state index contributed by atoms with van der Waals surface area (Å²) >= 11 is 6.40. The SMILES string of the molecule is O=C(O)CO[C@H]1CCCC[C@@H]1CC[C@H]1SC(=S)NC1=O. The molecule has 0 aromatic rings. The number of ether oxygens (including phenoxy) is 1. The molecule has 20 heavy (non-hydrogen) atoms. The minimum absolute atomic E-state index is 0.00110. The van der Waals surface area contributed by atoms with Crippen molar-refractivity contribution in [3.63, 3.8) is 0 Å². The van der Waals surface area contributed by atoms with Crippen LogP contribution in [0.2, 0.25) is 0 Å². The molecule has 0 aromatic carbocycles. The summed E-state index contributed by atoms with van der Waals surface area (Å²) in [6.45, 7) is -0.232. The first-order valence-corrected chi connectivity index (χ1v) is 8.20. The molecule has 0 spiro atoms. The van der Waals surface area contributed by atoms with Gasteiger partial charge < -0.3 is 15.2 Å². The molecule has 1 amide bonds. The molecule has 2 aliphatic rings. The van der Waals surface area contributed by atoms with Crippen LogP contribution in [0.25, 0.3) is 0 Å². The van der Waals surface area contributed by atoms with Crippen LogP contribution in [-0.4, -0.2) is 39.3 Å². The Balaban J connectivity index is 1.81. The zero-order chi connectivity index (χ0) is 14.5. The number of hydrogen-bond acceptors (Lipinski definition) is 5. The lowest BCUT2D eigenvalue weighted by Gasteiger charge is -2.31. The first-order valence-electron chi connectivity index (χ1n) is 6.91. The molecule has 0 unspecified atom stereocenters. The molecule has 2 rings (SSSR count). The van der Waals surface area contributed by atoms with Gasteiger partial charge in [0.2, 0.25) is 5.91 Å².